The number of urea groups is 1. The summed E-state index contributed by atoms with van der Waals surface area (Å²) < 4.78 is 71.2. The van der Waals surface area contributed by atoms with Gasteiger partial charge in [0, 0.05) is 32.5 Å². The van der Waals surface area contributed by atoms with Gasteiger partial charge in [0.25, 0.3) is 0 Å². The van der Waals surface area contributed by atoms with Gasteiger partial charge in [-0.2, -0.15) is 0 Å². The minimum atomic E-state index is -3.32. The molecular weight excluding hydrogens is 1060 g/mol. The van der Waals surface area contributed by atoms with Crippen molar-refractivity contribution < 1.29 is 127 Å². The van der Waals surface area contributed by atoms with Crippen molar-refractivity contribution in [2.45, 2.75) is 217 Å². The Morgan fingerprint density at radius 3 is 1.42 bits per heavy atom. The Labute approximate surface area is 444 Å². The second-order valence-corrected chi connectivity index (χ2v) is 22.5. The van der Waals surface area contributed by atoms with E-state index in [2.05, 4.69) is 21.3 Å². The molecule has 0 spiro atoms. The van der Waals surface area contributed by atoms with E-state index < -0.39 is 176 Å². The Bertz CT molecular complexity index is 1950. The zero-order chi connectivity index (χ0) is 56.1. The van der Waals surface area contributed by atoms with E-state index in [4.69, 9.17) is 37.9 Å². The zero-order valence-electron chi connectivity index (χ0n) is 42.5. The van der Waals surface area contributed by atoms with Gasteiger partial charge in [-0.15, -0.1) is 0 Å². The van der Waals surface area contributed by atoms with Crippen molar-refractivity contribution in [1.29, 1.82) is 0 Å². The number of hydrogen-bond donors (Lipinski definition) is 17. The molecule has 0 aromatic carbocycles. The lowest BCUT2D eigenvalue weighted by atomic mass is 9.96. The number of unbranched alkanes of at least 4 members (excludes halogenated alkanes) is 6. The Morgan fingerprint density at radius 1 is 0.506 bits per heavy atom. The number of aliphatic hydroxyl groups is 13. The molecule has 0 bridgehead atoms. The summed E-state index contributed by atoms with van der Waals surface area (Å²) in [5.74, 6) is -0.363. The van der Waals surface area contributed by atoms with E-state index in [1.807, 2.05) is 0 Å². The van der Waals surface area contributed by atoms with E-state index in [0.717, 1.165) is 25.7 Å². The molecule has 77 heavy (non-hydrogen) atoms. The molecule has 0 aliphatic carbocycles. The maximum absolute atomic E-state index is 12.5. The van der Waals surface area contributed by atoms with Gasteiger partial charge in [-0.1, -0.05) is 25.7 Å². The highest BCUT2D eigenvalue weighted by molar-refractivity contribution is 7.92. The zero-order valence-corrected chi connectivity index (χ0v) is 43.3. The van der Waals surface area contributed by atoms with Crippen molar-refractivity contribution in [2.24, 2.45) is 0 Å². The number of carbonyl (C=O) groups excluding carboxylic acids is 3. The summed E-state index contributed by atoms with van der Waals surface area (Å²) in [7, 11) is -3.32. The third kappa shape index (κ3) is 16.3. The monoisotopic (exact) mass is 1140 g/mol. The van der Waals surface area contributed by atoms with E-state index in [0.29, 0.717) is 51.6 Å². The lowest BCUT2D eigenvalue weighted by Gasteiger charge is -2.49. The number of ether oxygens (including phenoxy) is 8. The second-order valence-electron chi connectivity index (χ2n) is 20.3. The minimum Gasteiger partial charge on any atom is -0.394 e. The van der Waals surface area contributed by atoms with Crippen molar-refractivity contribution >= 4 is 27.7 Å². The molecule has 6 fully saturated rings. The SMILES string of the molecule is O=C(CCCCCO[C@H]1O[C@H](CO)[C@@H](O)[C@H](O)[C@@H]1O[C@H]1O[C@H](CO)[C@@H](O)[C@H](O)[C@@H]1O[C@H]1O[C@H](CO)[C@@H](O)[C@H](O)[C@@H]1O[C@H]1O[C@H](CO)[C@@H](O)[C@H](O)[C@@H]1O)NCCCCCCNC(=O)CCCC[C@H]1[C@H]2NC(=O)N[C@H]2CS1(=O)=O. The predicted molar refractivity (Wildman–Crippen MR) is 256 cm³/mol. The standard InChI is InChI=1S/C46H80N4O26S/c51-16-22-30(57)34(61)38(65)42(70-22)74-40-36(63)32(59)24(18-53)72-44(40)76-41-37(64)33(60)25(19-54)73-45(41)75-39-35(62)31(58)23(17-52)71-43(39)69-15-9-3-4-11-27(55)47-13-7-1-2-8-14-48-28(56)12-6-5-10-26-29-21(20-77(26,67)68)49-46(66)50-29/h21-26,29-45,51-54,57-65H,1-20H2,(H,47,55)(H,48,56)(H2,49,50,66)/t21-,22+,23+,24+,25+,26-,29-,30+,31+,32+,33+,34-,35-,36-,37-,38-,39-,40-,41-,42+,43-,44+,45+/m0/s1. The van der Waals surface area contributed by atoms with Crippen LogP contribution in [0.15, 0.2) is 0 Å². The van der Waals surface area contributed by atoms with Crippen molar-refractivity contribution in [3.05, 3.63) is 0 Å². The van der Waals surface area contributed by atoms with Crippen LogP contribution in [0.4, 0.5) is 4.79 Å². The summed E-state index contributed by atoms with van der Waals surface area (Å²) in [5, 5.41) is 148. The summed E-state index contributed by atoms with van der Waals surface area (Å²) in [6.45, 7) is -2.59. The molecule has 0 unspecified atom stereocenters. The van der Waals surface area contributed by atoms with Crippen LogP contribution in [0.3, 0.4) is 0 Å². The van der Waals surface area contributed by atoms with Gasteiger partial charge in [-0.05, 0) is 38.5 Å². The van der Waals surface area contributed by atoms with Gasteiger partial charge >= 0.3 is 6.03 Å². The van der Waals surface area contributed by atoms with E-state index in [9.17, 15) is 89.2 Å². The Morgan fingerprint density at radius 2 is 0.922 bits per heavy atom. The van der Waals surface area contributed by atoms with Crippen molar-refractivity contribution in [2.75, 3.05) is 51.9 Å². The summed E-state index contributed by atoms with van der Waals surface area (Å²) in [5.41, 5.74) is 0. The van der Waals surface area contributed by atoms with Gasteiger partial charge in [0.05, 0.1) is 49.5 Å². The Balaban J connectivity index is 0.923. The lowest BCUT2D eigenvalue weighted by molar-refractivity contribution is -0.406. The molecule has 4 amide bonds. The number of sulfone groups is 1. The highest BCUT2D eigenvalue weighted by Gasteiger charge is 2.56. The lowest BCUT2D eigenvalue weighted by Crippen LogP contribution is -2.68. The summed E-state index contributed by atoms with van der Waals surface area (Å²) in [4.78, 5) is 36.4. The largest absolute Gasteiger partial charge is 0.394 e. The molecule has 0 saturated carbocycles. The minimum absolute atomic E-state index is 0.0666. The van der Waals surface area contributed by atoms with Gasteiger partial charge in [0.2, 0.25) is 11.8 Å². The van der Waals surface area contributed by atoms with E-state index in [1.165, 1.54) is 0 Å². The molecule has 17 N–H and O–H groups in total. The molecule has 6 aliphatic heterocycles. The van der Waals surface area contributed by atoms with Crippen LogP contribution in [0.2, 0.25) is 0 Å². The van der Waals surface area contributed by atoms with Gasteiger partial charge in [0.15, 0.2) is 35.0 Å². The molecule has 6 rings (SSSR count). The maximum atomic E-state index is 12.5. The molecule has 0 radical (unpaired) electrons. The Kier molecular flexibility index (Phi) is 24.6. The third-order valence-corrected chi connectivity index (χ3v) is 17.0. The van der Waals surface area contributed by atoms with Crippen LogP contribution < -0.4 is 21.3 Å². The van der Waals surface area contributed by atoms with Crippen molar-refractivity contribution in [3.63, 3.8) is 0 Å². The average Bonchev–Trinajstić information content (AvgIpc) is 3.87. The summed E-state index contributed by atoms with van der Waals surface area (Å²) in [6, 6.07) is -1.21. The van der Waals surface area contributed by atoms with Gasteiger partial charge in [-0.25, -0.2) is 13.2 Å². The first-order valence-corrected chi connectivity index (χ1v) is 28.0. The van der Waals surface area contributed by atoms with Crippen molar-refractivity contribution in [1.82, 2.24) is 21.3 Å². The normalized spacial score (nSPS) is 40.8. The molecular formula is C46H80N4O26S. The average molecular weight is 1140 g/mol. The smallest absolute Gasteiger partial charge is 0.315 e. The Hall–Kier alpha value is -2.68. The fourth-order valence-electron chi connectivity index (χ4n) is 10.2. The summed E-state index contributed by atoms with van der Waals surface area (Å²) >= 11 is 0. The van der Waals surface area contributed by atoms with Crippen LogP contribution in [-0.4, -0.2) is 285 Å². The fraction of sp³-hybridized carbons (Fsp3) is 0.935. The molecule has 6 aliphatic rings. The number of fused-ring (bicyclic) bond motifs is 1. The molecule has 6 heterocycles. The molecule has 6 saturated heterocycles. The number of carbonyl (C=O) groups is 3. The van der Waals surface area contributed by atoms with Crippen LogP contribution >= 0.6 is 0 Å². The van der Waals surface area contributed by atoms with Gasteiger partial charge in [-0.3, -0.25) is 9.59 Å². The van der Waals surface area contributed by atoms with E-state index >= 15 is 0 Å². The van der Waals surface area contributed by atoms with Crippen LogP contribution in [-0.2, 0) is 57.3 Å². The second kappa shape index (κ2) is 29.9. The first-order valence-electron chi connectivity index (χ1n) is 26.3. The highest BCUT2D eigenvalue weighted by atomic mass is 32.2. The molecule has 0 aromatic heterocycles. The first kappa shape index (κ1) is 63.5. The highest BCUT2D eigenvalue weighted by Crippen LogP contribution is 2.36. The molecule has 23 atom stereocenters. The van der Waals surface area contributed by atoms with Gasteiger partial charge < -0.3 is 126 Å². The van der Waals surface area contributed by atoms with E-state index in [1.54, 1.807) is 0 Å². The molecule has 0 aromatic rings. The first-order chi connectivity index (χ1) is 36.7. The molecule has 31 heteroatoms. The fourth-order valence-corrected chi connectivity index (χ4v) is 12.5. The van der Waals surface area contributed by atoms with Crippen LogP contribution in [0.5, 0.6) is 0 Å². The van der Waals surface area contributed by atoms with Crippen molar-refractivity contribution in [3.8, 4) is 0 Å². The van der Waals surface area contributed by atoms with Gasteiger partial charge in [0.1, 0.15) is 97.7 Å². The third-order valence-electron chi connectivity index (χ3n) is 14.7. The number of nitrogens with one attached hydrogen (secondary N) is 4. The number of rotatable bonds is 29. The number of hydrogen-bond acceptors (Lipinski definition) is 26. The van der Waals surface area contributed by atoms with Crippen LogP contribution in [0.1, 0.15) is 77.0 Å². The maximum Gasteiger partial charge on any atom is 0.315 e. The van der Waals surface area contributed by atoms with E-state index in [-0.39, 0.29) is 43.0 Å². The number of aliphatic hydroxyl groups excluding tert-OH is 13. The number of amides is 4. The molecule has 30 nitrogen and oxygen atoms in total. The topological polar surface area (TPSA) is 470 Å². The predicted octanol–water partition coefficient (Wildman–Crippen LogP) is -7.96. The summed E-state index contributed by atoms with van der Waals surface area (Å²) in [6.07, 6.45) is -30.2. The van der Waals surface area contributed by atoms with Crippen LogP contribution in [0, 0.1) is 0 Å². The quantitative estimate of drug-likeness (QED) is 0.0244. The molecule has 446 valence electrons. The van der Waals surface area contributed by atoms with Crippen LogP contribution in [0.25, 0.3) is 0 Å².